The van der Waals surface area contributed by atoms with Crippen molar-refractivity contribution >= 4 is 21.7 Å². The number of halogens is 4. The molecule has 1 heterocycles. The molecule has 0 aliphatic rings. The van der Waals surface area contributed by atoms with Crippen LogP contribution < -0.4 is 5.73 Å². The number of aryl methyl sites for hydroxylation is 1. The van der Waals surface area contributed by atoms with Crippen molar-refractivity contribution in [3.05, 3.63) is 10.7 Å². The summed E-state index contributed by atoms with van der Waals surface area (Å²) in [6.45, 7) is 0.218. The van der Waals surface area contributed by atoms with Crippen molar-refractivity contribution in [3.63, 3.8) is 0 Å². The fourth-order valence-electron chi connectivity index (χ4n) is 0.968. The molecule has 0 amide bonds. The number of anilines is 1. The molecule has 0 spiro atoms. The molecule has 1 rings (SSSR count). The first kappa shape index (κ1) is 11.4. The molecule has 0 aliphatic heterocycles. The average molecular weight is 272 g/mol. The predicted molar refractivity (Wildman–Crippen MR) is 49.6 cm³/mol. The van der Waals surface area contributed by atoms with Gasteiger partial charge in [-0.15, -0.1) is 0 Å². The Morgan fingerprint density at radius 1 is 1.50 bits per heavy atom. The van der Waals surface area contributed by atoms with E-state index in [9.17, 15) is 13.2 Å². The molecule has 1 aromatic rings. The Labute approximate surface area is 87.2 Å². The molecule has 0 saturated heterocycles. The van der Waals surface area contributed by atoms with E-state index < -0.39 is 12.6 Å². The summed E-state index contributed by atoms with van der Waals surface area (Å²) in [5.41, 5.74) is 5.40. The molecule has 0 saturated carbocycles. The minimum Gasteiger partial charge on any atom is -0.381 e. The van der Waals surface area contributed by atoms with Crippen LogP contribution in [0, 0.1) is 0 Å². The summed E-state index contributed by atoms with van der Waals surface area (Å²) in [5, 5.41) is 3.81. The maximum absolute atomic E-state index is 11.8. The fourth-order valence-corrected chi connectivity index (χ4v) is 1.28. The van der Waals surface area contributed by atoms with Crippen molar-refractivity contribution in [3.8, 4) is 0 Å². The van der Waals surface area contributed by atoms with E-state index >= 15 is 0 Å². The summed E-state index contributed by atoms with van der Waals surface area (Å²) in [6.07, 6.45) is -3.33. The van der Waals surface area contributed by atoms with Gasteiger partial charge in [0.2, 0.25) is 0 Å². The zero-order chi connectivity index (χ0) is 10.8. The Morgan fingerprint density at radius 2 is 2.14 bits per heavy atom. The summed E-state index contributed by atoms with van der Waals surface area (Å²) in [6, 6.07) is 0. The number of alkyl halides is 3. The Hall–Kier alpha value is -0.720. The van der Waals surface area contributed by atoms with E-state index in [0.717, 1.165) is 0 Å². The standard InChI is InChI=1S/C7H9BrF3N3/c8-5-4-14(13-6(5)12)3-1-2-7(9,10)11/h4H,1-3H2,(H2,12,13). The molecule has 0 atom stereocenters. The molecule has 0 bridgehead atoms. The fraction of sp³-hybridized carbons (Fsp3) is 0.571. The first-order valence-corrected chi connectivity index (χ1v) is 4.73. The van der Waals surface area contributed by atoms with Gasteiger partial charge in [-0.05, 0) is 22.4 Å². The van der Waals surface area contributed by atoms with Gasteiger partial charge in [-0.1, -0.05) is 0 Å². The van der Waals surface area contributed by atoms with Crippen LogP contribution in [0.25, 0.3) is 0 Å². The molecule has 0 unspecified atom stereocenters. The molecule has 7 heteroatoms. The molecular formula is C7H9BrF3N3. The van der Waals surface area contributed by atoms with Gasteiger partial charge in [0.1, 0.15) is 0 Å². The van der Waals surface area contributed by atoms with Crippen LogP contribution in [0.3, 0.4) is 0 Å². The molecule has 14 heavy (non-hydrogen) atoms. The molecule has 2 N–H and O–H groups in total. The van der Waals surface area contributed by atoms with Crippen LogP contribution in [0.4, 0.5) is 19.0 Å². The van der Waals surface area contributed by atoms with E-state index in [2.05, 4.69) is 21.0 Å². The number of hydrogen-bond acceptors (Lipinski definition) is 2. The smallest absolute Gasteiger partial charge is 0.381 e. The second-order valence-electron chi connectivity index (χ2n) is 2.84. The van der Waals surface area contributed by atoms with E-state index in [-0.39, 0.29) is 18.8 Å². The van der Waals surface area contributed by atoms with Gasteiger partial charge in [0, 0.05) is 19.2 Å². The third-order valence-electron chi connectivity index (χ3n) is 1.59. The van der Waals surface area contributed by atoms with Crippen molar-refractivity contribution < 1.29 is 13.2 Å². The molecule has 1 aromatic heterocycles. The first-order chi connectivity index (χ1) is 6.38. The monoisotopic (exact) mass is 271 g/mol. The number of nitrogens with zero attached hydrogens (tertiary/aromatic N) is 2. The molecule has 0 fully saturated rings. The lowest BCUT2D eigenvalue weighted by molar-refractivity contribution is -0.136. The van der Waals surface area contributed by atoms with Gasteiger partial charge in [-0.3, -0.25) is 4.68 Å². The maximum atomic E-state index is 11.8. The van der Waals surface area contributed by atoms with E-state index in [1.54, 1.807) is 6.20 Å². The van der Waals surface area contributed by atoms with Crippen LogP contribution in [0.1, 0.15) is 12.8 Å². The van der Waals surface area contributed by atoms with Crippen molar-refractivity contribution in [1.29, 1.82) is 0 Å². The SMILES string of the molecule is Nc1nn(CCCC(F)(F)F)cc1Br. The lowest BCUT2D eigenvalue weighted by atomic mass is 10.3. The number of aromatic nitrogens is 2. The highest BCUT2D eigenvalue weighted by Gasteiger charge is 2.26. The van der Waals surface area contributed by atoms with Gasteiger partial charge in [0.05, 0.1) is 4.47 Å². The van der Waals surface area contributed by atoms with Crippen molar-refractivity contribution in [2.45, 2.75) is 25.6 Å². The Balaban J connectivity index is 2.39. The first-order valence-electron chi connectivity index (χ1n) is 3.93. The number of hydrogen-bond donors (Lipinski definition) is 1. The summed E-state index contributed by atoms with van der Waals surface area (Å²) >= 11 is 3.12. The quantitative estimate of drug-likeness (QED) is 0.919. The molecule has 0 aromatic carbocycles. The highest BCUT2D eigenvalue weighted by Crippen LogP contribution is 2.22. The topological polar surface area (TPSA) is 43.8 Å². The van der Waals surface area contributed by atoms with E-state index in [4.69, 9.17) is 5.73 Å². The van der Waals surface area contributed by atoms with Gasteiger partial charge in [-0.25, -0.2) is 0 Å². The lowest BCUT2D eigenvalue weighted by Gasteiger charge is -2.05. The maximum Gasteiger partial charge on any atom is 0.389 e. The van der Waals surface area contributed by atoms with Crippen molar-refractivity contribution in [2.24, 2.45) is 0 Å². The highest BCUT2D eigenvalue weighted by atomic mass is 79.9. The molecule has 3 nitrogen and oxygen atoms in total. The van der Waals surface area contributed by atoms with Crippen molar-refractivity contribution in [1.82, 2.24) is 9.78 Å². The number of nitrogens with two attached hydrogens (primary N) is 1. The summed E-state index contributed by atoms with van der Waals surface area (Å²) in [5.74, 6) is 0.289. The Bertz CT molecular complexity index is 288. The number of rotatable bonds is 3. The van der Waals surface area contributed by atoms with Gasteiger partial charge in [-0.2, -0.15) is 18.3 Å². The number of nitrogen functional groups attached to an aromatic ring is 1. The summed E-state index contributed by atoms with van der Waals surface area (Å²) in [7, 11) is 0. The predicted octanol–water partition coefficient (Wildman–Crippen LogP) is 2.57. The molecule has 0 aliphatic carbocycles. The van der Waals surface area contributed by atoms with Gasteiger partial charge in [0.25, 0.3) is 0 Å². The minimum atomic E-state index is -4.10. The van der Waals surface area contributed by atoms with Crippen LogP contribution in [0.2, 0.25) is 0 Å². The van der Waals surface area contributed by atoms with E-state index in [0.29, 0.717) is 4.47 Å². The molecule has 0 radical (unpaired) electrons. The van der Waals surface area contributed by atoms with E-state index in [1.807, 2.05) is 0 Å². The van der Waals surface area contributed by atoms with Gasteiger partial charge in [0.15, 0.2) is 5.82 Å². The third-order valence-corrected chi connectivity index (χ3v) is 2.20. The normalized spacial score (nSPS) is 12.0. The summed E-state index contributed by atoms with van der Waals surface area (Å²) < 4.78 is 37.3. The van der Waals surface area contributed by atoms with Crippen LogP contribution in [-0.2, 0) is 6.54 Å². The largest absolute Gasteiger partial charge is 0.389 e. The van der Waals surface area contributed by atoms with Crippen LogP contribution >= 0.6 is 15.9 Å². The Kier molecular flexibility index (Phi) is 3.41. The van der Waals surface area contributed by atoms with E-state index in [1.165, 1.54) is 4.68 Å². The highest BCUT2D eigenvalue weighted by molar-refractivity contribution is 9.10. The third kappa shape index (κ3) is 3.57. The zero-order valence-electron chi connectivity index (χ0n) is 7.18. The second-order valence-corrected chi connectivity index (χ2v) is 3.70. The van der Waals surface area contributed by atoms with Gasteiger partial charge >= 0.3 is 6.18 Å². The van der Waals surface area contributed by atoms with Crippen LogP contribution in [0.15, 0.2) is 10.7 Å². The average Bonchev–Trinajstić information content (AvgIpc) is 2.28. The zero-order valence-corrected chi connectivity index (χ0v) is 8.77. The lowest BCUT2D eigenvalue weighted by Crippen LogP contribution is -2.09. The molecular weight excluding hydrogens is 263 g/mol. The Morgan fingerprint density at radius 3 is 2.57 bits per heavy atom. The van der Waals surface area contributed by atoms with Crippen LogP contribution in [-0.4, -0.2) is 16.0 Å². The molecule has 80 valence electrons. The van der Waals surface area contributed by atoms with Crippen LogP contribution in [0.5, 0.6) is 0 Å². The van der Waals surface area contributed by atoms with Gasteiger partial charge < -0.3 is 5.73 Å². The summed E-state index contributed by atoms with van der Waals surface area (Å²) in [4.78, 5) is 0. The minimum absolute atomic E-state index is 0.0110. The van der Waals surface area contributed by atoms with Crippen molar-refractivity contribution in [2.75, 3.05) is 5.73 Å². The second kappa shape index (κ2) is 4.20.